The molecular weight excluding hydrogens is 323 g/mol. The molecule has 25 heavy (non-hydrogen) atoms. The molecule has 0 spiro atoms. The topological polar surface area (TPSA) is 76.0 Å². The summed E-state index contributed by atoms with van der Waals surface area (Å²) in [5.41, 5.74) is 5.68. The van der Waals surface area contributed by atoms with Gasteiger partial charge in [0.25, 0.3) is 11.8 Å². The van der Waals surface area contributed by atoms with Gasteiger partial charge in [0.1, 0.15) is 5.82 Å². The summed E-state index contributed by atoms with van der Waals surface area (Å²) in [7, 11) is 0. The molecule has 0 unspecified atom stereocenters. The van der Waals surface area contributed by atoms with Crippen LogP contribution in [-0.4, -0.2) is 21.6 Å². The van der Waals surface area contributed by atoms with Gasteiger partial charge in [-0.2, -0.15) is 5.10 Å². The zero-order chi connectivity index (χ0) is 17.6. The van der Waals surface area contributed by atoms with Gasteiger partial charge in [-0.3, -0.25) is 25.1 Å². The highest BCUT2D eigenvalue weighted by Gasteiger charge is 2.12. The van der Waals surface area contributed by atoms with Gasteiger partial charge in [-0.25, -0.2) is 4.39 Å². The van der Waals surface area contributed by atoms with E-state index >= 15 is 0 Å². The first-order valence-electron chi connectivity index (χ1n) is 7.55. The maximum absolute atomic E-state index is 13.5. The molecule has 0 aliphatic heterocycles. The van der Waals surface area contributed by atoms with Gasteiger partial charge >= 0.3 is 0 Å². The van der Waals surface area contributed by atoms with Crippen molar-refractivity contribution in [1.29, 1.82) is 0 Å². The van der Waals surface area contributed by atoms with E-state index in [0.717, 1.165) is 5.56 Å². The van der Waals surface area contributed by atoms with Crippen molar-refractivity contribution < 1.29 is 14.0 Å². The molecule has 1 aromatic heterocycles. The molecule has 0 bridgehead atoms. The van der Waals surface area contributed by atoms with Crippen molar-refractivity contribution in [1.82, 2.24) is 20.6 Å². The fourth-order valence-corrected chi connectivity index (χ4v) is 2.24. The van der Waals surface area contributed by atoms with E-state index in [-0.39, 0.29) is 5.56 Å². The normalized spacial score (nSPS) is 10.3. The Morgan fingerprint density at radius 2 is 1.68 bits per heavy atom. The molecule has 0 aliphatic rings. The van der Waals surface area contributed by atoms with Crippen molar-refractivity contribution in [2.75, 3.05) is 0 Å². The summed E-state index contributed by atoms with van der Waals surface area (Å²) in [5.74, 6) is -1.87. The van der Waals surface area contributed by atoms with Gasteiger partial charge in [0, 0.05) is 18.0 Å². The Hall–Kier alpha value is -3.48. The number of aromatic nitrogens is 2. The number of nitrogens with zero attached hydrogens (tertiary/aromatic N) is 2. The van der Waals surface area contributed by atoms with Gasteiger partial charge < -0.3 is 0 Å². The number of rotatable bonds is 4. The standard InChI is InChI=1S/C18H15FN4O2/c19-16-5-2-1-4-15(16)18(25)22-21-17(24)14-8-6-13(7-9-14)12-23-11-3-10-20-23/h1-11H,12H2,(H,21,24)(H,22,25). The molecule has 2 N–H and O–H groups in total. The molecule has 126 valence electrons. The molecule has 0 aliphatic carbocycles. The zero-order valence-electron chi connectivity index (χ0n) is 13.1. The van der Waals surface area contributed by atoms with E-state index < -0.39 is 17.6 Å². The number of carbonyl (C=O) groups is 2. The van der Waals surface area contributed by atoms with Crippen LogP contribution in [0.15, 0.2) is 67.0 Å². The van der Waals surface area contributed by atoms with Crippen LogP contribution in [0.2, 0.25) is 0 Å². The number of hydrazine groups is 1. The Morgan fingerprint density at radius 1 is 0.960 bits per heavy atom. The quantitative estimate of drug-likeness (QED) is 0.716. The summed E-state index contributed by atoms with van der Waals surface area (Å²) in [6.45, 7) is 0.596. The van der Waals surface area contributed by atoms with Crippen LogP contribution in [0.5, 0.6) is 0 Å². The second-order valence-corrected chi connectivity index (χ2v) is 5.29. The highest BCUT2D eigenvalue weighted by molar-refractivity contribution is 5.99. The van der Waals surface area contributed by atoms with Crippen molar-refractivity contribution in [3.05, 3.63) is 89.5 Å². The second-order valence-electron chi connectivity index (χ2n) is 5.29. The minimum Gasteiger partial charge on any atom is -0.268 e. The lowest BCUT2D eigenvalue weighted by atomic mass is 10.1. The van der Waals surface area contributed by atoms with E-state index in [1.54, 1.807) is 35.1 Å². The molecule has 2 aromatic carbocycles. The second kappa shape index (κ2) is 7.39. The summed E-state index contributed by atoms with van der Waals surface area (Å²) in [5, 5.41) is 4.11. The molecule has 3 aromatic rings. The van der Waals surface area contributed by atoms with Gasteiger partial charge in [0.2, 0.25) is 0 Å². The van der Waals surface area contributed by atoms with Crippen LogP contribution in [0.1, 0.15) is 26.3 Å². The molecule has 0 saturated heterocycles. The van der Waals surface area contributed by atoms with Crippen LogP contribution in [-0.2, 0) is 6.54 Å². The molecule has 1 heterocycles. The fraction of sp³-hybridized carbons (Fsp3) is 0.0556. The average Bonchev–Trinajstić information content (AvgIpc) is 3.13. The van der Waals surface area contributed by atoms with E-state index in [4.69, 9.17) is 0 Å². The molecule has 0 fully saturated rings. The van der Waals surface area contributed by atoms with Crippen molar-refractivity contribution in [3.63, 3.8) is 0 Å². The molecule has 7 heteroatoms. The first kappa shape index (κ1) is 16.4. The molecule has 0 saturated carbocycles. The molecule has 0 radical (unpaired) electrons. The lowest BCUT2D eigenvalue weighted by molar-refractivity contribution is 0.0844. The molecule has 2 amide bonds. The predicted octanol–water partition coefficient (Wildman–Crippen LogP) is 2.15. The number of carbonyl (C=O) groups excluding carboxylic acids is 2. The van der Waals surface area contributed by atoms with Gasteiger partial charge in [0.15, 0.2) is 0 Å². The van der Waals surface area contributed by atoms with Crippen LogP contribution in [0, 0.1) is 5.82 Å². The lowest BCUT2D eigenvalue weighted by Gasteiger charge is -2.08. The van der Waals surface area contributed by atoms with Crippen LogP contribution < -0.4 is 10.9 Å². The number of hydrogen-bond acceptors (Lipinski definition) is 3. The average molecular weight is 338 g/mol. The molecule has 3 rings (SSSR count). The summed E-state index contributed by atoms with van der Waals surface area (Å²) >= 11 is 0. The Bertz CT molecular complexity index is 876. The fourth-order valence-electron chi connectivity index (χ4n) is 2.24. The van der Waals surface area contributed by atoms with Crippen LogP contribution in [0.4, 0.5) is 4.39 Å². The predicted molar refractivity (Wildman–Crippen MR) is 89.1 cm³/mol. The lowest BCUT2D eigenvalue weighted by Crippen LogP contribution is -2.41. The van der Waals surface area contributed by atoms with E-state index in [2.05, 4.69) is 16.0 Å². The minimum absolute atomic E-state index is 0.141. The van der Waals surface area contributed by atoms with E-state index in [1.807, 2.05) is 12.3 Å². The van der Waals surface area contributed by atoms with Crippen molar-refractivity contribution in [3.8, 4) is 0 Å². The van der Waals surface area contributed by atoms with E-state index in [1.165, 1.54) is 24.3 Å². The first-order chi connectivity index (χ1) is 12.1. The Kier molecular flexibility index (Phi) is 4.84. The third-order valence-electron chi connectivity index (χ3n) is 3.53. The number of nitrogens with one attached hydrogen (secondary N) is 2. The summed E-state index contributed by atoms with van der Waals surface area (Å²) in [6.07, 6.45) is 3.54. The minimum atomic E-state index is -0.721. The Morgan fingerprint density at radius 3 is 2.36 bits per heavy atom. The first-order valence-corrected chi connectivity index (χ1v) is 7.55. The largest absolute Gasteiger partial charge is 0.272 e. The van der Waals surface area contributed by atoms with E-state index in [9.17, 15) is 14.0 Å². The SMILES string of the molecule is O=C(NNC(=O)c1ccccc1F)c1ccc(Cn2cccn2)cc1. The van der Waals surface area contributed by atoms with Gasteiger partial charge in [0.05, 0.1) is 12.1 Å². The van der Waals surface area contributed by atoms with Gasteiger partial charge in [-0.15, -0.1) is 0 Å². The molecule has 6 nitrogen and oxygen atoms in total. The van der Waals surface area contributed by atoms with E-state index in [0.29, 0.717) is 12.1 Å². The van der Waals surface area contributed by atoms with Crippen molar-refractivity contribution in [2.45, 2.75) is 6.54 Å². The molecular formula is C18H15FN4O2. The third-order valence-corrected chi connectivity index (χ3v) is 3.53. The Balaban J connectivity index is 1.58. The third kappa shape index (κ3) is 4.08. The van der Waals surface area contributed by atoms with Gasteiger partial charge in [-0.05, 0) is 35.9 Å². The zero-order valence-corrected chi connectivity index (χ0v) is 13.1. The summed E-state index contributed by atoms with van der Waals surface area (Å²) < 4.78 is 15.3. The number of amides is 2. The van der Waals surface area contributed by atoms with Gasteiger partial charge in [-0.1, -0.05) is 24.3 Å². The highest BCUT2D eigenvalue weighted by Crippen LogP contribution is 2.07. The summed E-state index contributed by atoms with van der Waals surface area (Å²) in [6, 6.07) is 14.3. The Labute approximate surface area is 143 Å². The number of benzene rings is 2. The summed E-state index contributed by atoms with van der Waals surface area (Å²) in [4.78, 5) is 23.9. The van der Waals surface area contributed by atoms with Crippen LogP contribution in [0.25, 0.3) is 0 Å². The highest BCUT2D eigenvalue weighted by atomic mass is 19.1. The molecule has 0 atom stereocenters. The number of halogens is 1. The van der Waals surface area contributed by atoms with Crippen molar-refractivity contribution >= 4 is 11.8 Å². The van der Waals surface area contributed by atoms with Crippen LogP contribution >= 0.6 is 0 Å². The monoisotopic (exact) mass is 338 g/mol. The van der Waals surface area contributed by atoms with Crippen LogP contribution in [0.3, 0.4) is 0 Å². The van der Waals surface area contributed by atoms with Crippen molar-refractivity contribution in [2.24, 2.45) is 0 Å². The maximum atomic E-state index is 13.5. The maximum Gasteiger partial charge on any atom is 0.272 e. The smallest absolute Gasteiger partial charge is 0.268 e. The number of hydrogen-bond donors (Lipinski definition) is 2.